The van der Waals surface area contributed by atoms with Crippen LogP contribution in [-0.4, -0.2) is 14.1 Å². The van der Waals surface area contributed by atoms with Crippen molar-refractivity contribution in [2.75, 3.05) is 0 Å². The van der Waals surface area contributed by atoms with E-state index in [0.29, 0.717) is 0 Å². The zero-order valence-electron chi connectivity index (χ0n) is 34.4. The number of para-hydroxylation sites is 1. The van der Waals surface area contributed by atoms with Crippen LogP contribution >= 0.6 is 0 Å². The second-order valence-corrected chi connectivity index (χ2v) is 16.7. The fourth-order valence-electron chi connectivity index (χ4n) is 10.2. The van der Waals surface area contributed by atoms with Gasteiger partial charge in [0.15, 0.2) is 5.58 Å². The maximum Gasteiger partial charge on any atom is 0.153 e. The number of nitrogens with zero attached hydrogens (tertiary/aromatic N) is 3. The van der Waals surface area contributed by atoms with Crippen molar-refractivity contribution in [3.8, 4) is 44.8 Å². The molecule has 5 heterocycles. The summed E-state index contributed by atoms with van der Waals surface area (Å²) < 4.78 is 17.4. The number of fused-ring (bicyclic) bond motifs is 12. The van der Waals surface area contributed by atoms with Crippen LogP contribution in [0.25, 0.3) is 132 Å². The molecule has 0 unspecified atom stereocenters. The van der Waals surface area contributed by atoms with Crippen molar-refractivity contribution in [1.82, 2.24) is 14.1 Å². The molecule has 9 aromatic carbocycles. The monoisotopic (exact) mass is 817 g/mol. The lowest BCUT2D eigenvalue weighted by atomic mass is 10.0. The van der Waals surface area contributed by atoms with Crippen molar-refractivity contribution in [2.45, 2.75) is 0 Å². The van der Waals surface area contributed by atoms with Gasteiger partial charge in [-0.25, -0.2) is 0 Å². The summed E-state index contributed by atoms with van der Waals surface area (Å²) in [7, 11) is 0. The summed E-state index contributed by atoms with van der Waals surface area (Å²) in [5.74, 6) is 0. The first kappa shape index (κ1) is 35.0. The van der Waals surface area contributed by atoms with Crippen LogP contribution in [0.5, 0.6) is 0 Å². The van der Waals surface area contributed by atoms with E-state index in [1.54, 1.807) is 0 Å². The van der Waals surface area contributed by atoms with Crippen molar-refractivity contribution in [1.29, 1.82) is 0 Å². The number of hydrogen-bond donors (Lipinski definition) is 0. The third-order valence-electron chi connectivity index (χ3n) is 13.2. The highest BCUT2D eigenvalue weighted by molar-refractivity contribution is 6.14. The normalized spacial score (nSPS) is 12.1. The Hall–Kier alpha value is -8.67. The number of furan rings is 2. The molecular formula is C59H35N3O2. The summed E-state index contributed by atoms with van der Waals surface area (Å²) >= 11 is 0. The number of pyridine rings is 1. The molecule has 5 heteroatoms. The number of hydrogen-bond acceptors (Lipinski definition) is 3. The van der Waals surface area contributed by atoms with Crippen molar-refractivity contribution in [2.24, 2.45) is 0 Å². The van der Waals surface area contributed by atoms with Gasteiger partial charge in [-0.05, 0) is 137 Å². The molecule has 0 amide bonds. The molecule has 0 aliphatic carbocycles. The molecule has 0 saturated carbocycles. The van der Waals surface area contributed by atoms with Crippen LogP contribution in [0.3, 0.4) is 0 Å². The van der Waals surface area contributed by atoms with E-state index in [0.717, 1.165) is 88.6 Å². The topological polar surface area (TPSA) is 49.0 Å². The van der Waals surface area contributed by atoms with Crippen molar-refractivity contribution in [3.63, 3.8) is 0 Å². The smallest absolute Gasteiger partial charge is 0.153 e. The lowest BCUT2D eigenvalue weighted by Crippen LogP contribution is -1.93. The number of rotatable bonds is 5. The Morgan fingerprint density at radius 1 is 0.281 bits per heavy atom. The highest BCUT2D eigenvalue weighted by Gasteiger charge is 2.19. The van der Waals surface area contributed by atoms with Gasteiger partial charge in [0.25, 0.3) is 0 Å². The second kappa shape index (κ2) is 13.4. The molecule has 0 spiro atoms. The van der Waals surface area contributed by atoms with Gasteiger partial charge < -0.3 is 18.0 Å². The first-order valence-corrected chi connectivity index (χ1v) is 21.7. The molecule has 0 saturated heterocycles. The van der Waals surface area contributed by atoms with Gasteiger partial charge in [0.1, 0.15) is 22.3 Å². The van der Waals surface area contributed by atoms with E-state index in [9.17, 15) is 0 Å². The zero-order chi connectivity index (χ0) is 41.9. The Balaban J connectivity index is 0.914. The quantitative estimate of drug-likeness (QED) is 0.174. The summed E-state index contributed by atoms with van der Waals surface area (Å²) in [6.45, 7) is 0. The largest absolute Gasteiger partial charge is 0.456 e. The van der Waals surface area contributed by atoms with Gasteiger partial charge in [0.2, 0.25) is 0 Å². The summed E-state index contributed by atoms with van der Waals surface area (Å²) in [6.07, 6.45) is 1.82. The van der Waals surface area contributed by atoms with Gasteiger partial charge in [0, 0.05) is 55.3 Å². The molecule has 14 aromatic rings. The molecule has 0 atom stereocenters. The Labute approximate surface area is 366 Å². The molecule has 0 aliphatic rings. The summed E-state index contributed by atoms with van der Waals surface area (Å²) in [5, 5.41) is 8.01. The molecule has 64 heavy (non-hydrogen) atoms. The second-order valence-electron chi connectivity index (χ2n) is 16.7. The molecule has 0 radical (unpaired) electrons. The summed E-state index contributed by atoms with van der Waals surface area (Å²) in [6, 6.07) is 74.0. The van der Waals surface area contributed by atoms with Crippen LogP contribution in [0, 0.1) is 0 Å². The van der Waals surface area contributed by atoms with E-state index in [-0.39, 0.29) is 0 Å². The van der Waals surface area contributed by atoms with E-state index in [1.165, 1.54) is 43.8 Å². The van der Waals surface area contributed by atoms with Gasteiger partial charge in [-0.2, -0.15) is 0 Å². The number of benzene rings is 9. The molecule has 0 bridgehead atoms. The highest BCUT2D eigenvalue weighted by atomic mass is 16.3. The van der Waals surface area contributed by atoms with E-state index in [2.05, 4.69) is 208 Å². The van der Waals surface area contributed by atoms with Gasteiger partial charge in [-0.3, -0.25) is 4.98 Å². The Kier molecular flexibility index (Phi) is 7.33. The third-order valence-corrected chi connectivity index (χ3v) is 13.2. The fourth-order valence-corrected chi connectivity index (χ4v) is 10.2. The van der Waals surface area contributed by atoms with E-state index < -0.39 is 0 Å². The van der Waals surface area contributed by atoms with E-state index in [1.807, 2.05) is 18.3 Å². The Morgan fingerprint density at radius 3 is 1.34 bits per heavy atom. The average Bonchev–Trinajstić information content (AvgIpc) is 4.11. The van der Waals surface area contributed by atoms with Crippen LogP contribution in [-0.2, 0) is 0 Å². The molecule has 14 rings (SSSR count). The third kappa shape index (κ3) is 5.22. The minimum absolute atomic E-state index is 0.794. The van der Waals surface area contributed by atoms with E-state index in [4.69, 9.17) is 8.83 Å². The summed E-state index contributed by atoms with van der Waals surface area (Å²) in [4.78, 5) is 4.65. The maximum atomic E-state index is 6.53. The molecular weight excluding hydrogens is 783 g/mol. The number of aromatic nitrogens is 3. The van der Waals surface area contributed by atoms with Crippen LogP contribution in [0.1, 0.15) is 0 Å². The minimum atomic E-state index is 0.794. The molecule has 298 valence electrons. The molecule has 5 nitrogen and oxygen atoms in total. The fraction of sp³-hybridized carbons (Fsp3) is 0. The maximum absolute atomic E-state index is 6.53. The lowest BCUT2D eigenvalue weighted by molar-refractivity contribution is 0.668. The highest BCUT2D eigenvalue weighted by Crippen LogP contribution is 2.41. The first-order valence-electron chi connectivity index (χ1n) is 21.7. The van der Waals surface area contributed by atoms with Gasteiger partial charge in [-0.1, -0.05) is 103 Å². The van der Waals surface area contributed by atoms with E-state index >= 15 is 0 Å². The predicted octanol–water partition coefficient (Wildman–Crippen LogP) is 16.1. The standard InChI is InChI=1S/C59H35N3O2/c1-3-10-36(11-4-1)38-17-23-53-46(30-38)47-31-39(37-12-5-2-6-13-37)18-24-54(47)62(53)42-21-27-56-49(34-42)48-33-41(20-26-55(48)63-56)40-19-25-52-45(32-40)44-14-7-8-15-51(44)61(52)43-22-28-57-50(35-43)59-58(64-57)16-9-29-60-59/h1-35H. The van der Waals surface area contributed by atoms with Crippen LogP contribution in [0.15, 0.2) is 221 Å². The Bertz CT molecular complexity index is 4090. The van der Waals surface area contributed by atoms with Crippen molar-refractivity contribution in [3.05, 3.63) is 212 Å². The minimum Gasteiger partial charge on any atom is -0.456 e. The first-order chi connectivity index (χ1) is 31.7. The zero-order valence-corrected chi connectivity index (χ0v) is 34.4. The van der Waals surface area contributed by atoms with Gasteiger partial charge in [-0.15, -0.1) is 0 Å². The average molecular weight is 818 g/mol. The molecule has 0 N–H and O–H groups in total. The lowest BCUT2D eigenvalue weighted by Gasteiger charge is -2.09. The SMILES string of the molecule is c1ccc(-c2ccc3c(c2)c2cc(-c4ccccc4)ccc2n3-c2ccc3oc4ccc(-c5ccc6c(c5)c5ccccc5n6-c5ccc6oc7cccnc7c6c5)cc4c3c2)cc1. The van der Waals surface area contributed by atoms with Crippen LogP contribution < -0.4 is 0 Å². The van der Waals surface area contributed by atoms with Crippen molar-refractivity contribution >= 4 is 87.6 Å². The summed E-state index contributed by atoms with van der Waals surface area (Å²) in [5.41, 5.74) is 18.1. The predicted molar refractivity (Wildman–Crippen MR) is 264 cm³/mol. The Morgan fingerprint density at radius 2 is 0.719 bits per heavy atom. The molecule has 0 fully saturated rings. The van der Waals surface area contributed by atoms with Crippen LogP contribution in [0.2, 0.25) is 0 Å². The van der Waals surface area contributed by atoms with Gasteiger partial charge >= 0.3 is 0 Å². The van der Waals surface area contributed by atoms with Crippen molar-refractivity contribution < 1.29 is 8.83 Å². The van der Waals surface area contributed by atoms with Crippen LogP contribution in [0.4, 0.5) is 0 Å². The molecule has 5 aromatic heterocycles. The van der Waals surface area contributed by atoms with Gasteiger partial charge in [0.05, 0.1) is 22.1 Å². The molecule has 0 aliphatic heterocycles.